The molecule has 2 rings (SSSR count). The molecule has 0 aliphatic carbocycles. The van der Waals surface area contributed by atoms with E-state index in [4.69, 9.17) is 0 Å². The van der Waals surface area contributed by atoms with E-state index in [0.717, 1.165) is 37.3 Å². The van der Waals surface area contributed by atoms with Crippen LogP contribution in [0.15, 0.2) is 24.5 Å². The number of hydrogen-bond donors (Lipinski definition) is 1. The van der Waals surface area contributed by atoms with E-state index in [1.807, 2.05) is 23.9 Å². The number of aryl methyl sites for hydroxylation is 2. The molecule has 0 saturated carbocycles. The third kappa shape index (κ3) is 4.91. The molecule has 0 bridgehead atoms. The Hall–Kier alpha value is -1.75. The topological polar surface area (TPSA) is 63.8 Å². The minimum Gasteiger partial charge on any atom is -0.391 e. The Bertz CT molecular complexity index is 565. The molecule has 1 unspecified atom stereocenters. The fourth-order valence-electron chi connectivity index (χ4n) is 2.34. The van der Waals surface area contributed by atoms with Gasteiger partial charge in [0.05, 0.1) is 12.6 Å². The van der Waals surface area contributed by atoms with E-state index in [9.17, 15) is 5.11 Å². The number of nitrogens with zero attached hydrogens (tertiary/aromatic N) is 4. The summed E-state index contributed by atoms with van der Waals surface area (Å²) in [6, 6.07) is 4.02. The lowest BCUT2D eigenvalue weighted by molar-refractivity contribution is 0.143. The van der Waals surface area contributed by atoms with Gasteiger partial charge in [0.25, 0.3) is 0 Å². The first-order chi connectivity index (χ1) is 10.6. The highest BCUT2D eigenvalue weighted by molar-refractivity contribution is 5.10. The summed E-state index contributed by atoms with van der Waals surface area (Å²) in [5, 5.41) is 14.5. The Morgan fingerprint density at radius 3 is 2.73 bits per heavy atom. The van der Waals surface area contributed by atoms with Crippen molar-refractivity contribution in [2.45, 2.75) is 59.1 Å². The molecule has 0 radical (unpaired) electrons. The van der Waals surface area contributed by atoms with Gasteiger partial charge in [-0.2, -0.15) is 5.10 Å². The molecule has 120 valence electrons. The molecule has 0 amide bonds. The minimum atomic E-state index is -0.370. The van der Waals surface area contributed by atoms with E-state index in [1.165, 1.54) is 5.56 Å². The maximum absolute atomic E-state index is 9.91. The van der Waals surface area contributed by atoms with Crippen LogP contribution in [0.3, 0.4) is 0 Å². The van der Waals surface area contributed by atoms with Gasteiger partial charge in [-0.1, -0.05) is 26.8 Å². The molecular formula is C17H26N4O. The Morgan fingerprint density at radius 2 is 2.09 bits per heavy atom. The molecular weight excluding hydrogens is 276 g/mol. The van der Waals surface area contributed by atoms with Crippen LogP contribution in [0.5, 0.6) is 0 Å². The second-order valence-electron chi connectivity index (χ2n) is 6.15. The zero-order valence-corrected chi connectivity index (χ0v) is 13.7. The highest BCUT2D eigenvalue weighted by Crippen LogP contribution is 2.10. The van der Waals surface area contributed by atoms with Crippen molar-refractivity contribution in [3.05, 3.63) is 41.7 Å². The van der Waals surface area contributed by atoms with Crippen molar-refractivity contribution in [2.24, 2.45) is 5.92 Å². The molecule has 2 heterocycles. The van der Waals surface area contributed by atoms with Gasteiger partial charge in [-0.15, -0.1) is 0 Å². The summed E-state index contributed by atoms with van der Waals surface area (Å²) < 4.78 is 1.88. The maximum atomic E-state index is 9.91. The van der Waals surface area contributed by atoms with E-state index in [0.29, 0.717) is 12.5 Å². The summed E-state index contributed by atoms with van der Waals surface area (Å²) in [6.07, 6.45) is 6.59. The highest BCUT2D eigenvalue weighted by Gasteiger charge is 2.13. The molecule has 2 aromatic heterocycles. The van der Waals surface area contributed by atoms with Crippen LogP contribution in [0.1, 0.15) is 44.4 Å². The van der Waals surface area contributed by atoms with Crippen molar-refractivity contribution < 1.29 is 5.11 Å². The monoisotopic (exact) mass is 302 g/mol. The fourth-order valence-corrected chi connectivity index (χ4v) is 2.34. The van der Waals surface area contributed by atoms with Gasteiger partial charge in [0, 0.05) is 25.2 Å². The Kier molecular flexibility index (Phi) is 6.07. The van der Waals surface area contributed by atoms with Gasteiger partial charge in [0.2, 0.25) is 0 Å². The summed E-state index contributed by atoms with van der Waals surface area (Å²) in [7, 11) is 0. The Balaban J connectivity index is 2.10. The lowest BCUT2D eigenvalue weighted by Crippen LogP contribution is -2.18. The zero-order chi connectivity index (χ0) is 15.9. The van der Waals surface area contributed by atoms with E-state index < -0.39 is 0 Å². The van der Waals surface area contributed by atoms with Crippen LogP contribution in [0, 0.1) is 5.92 Å². The maximum Gasteiger partial charge on any atom is 0.151 e. The molecule has 0 aliphatic heterocycles. The van der Waals surface area contributed by atoms with Crippen molar-refractivity contribution >= 4 is 0 Å². The third-order valence-electron chi connectivity index (χ3n) is 3.60. The molecule has 0 aliphatic rings. The summed E-state index contributed by atoms with van der Waals surface area (Å²) in [5.74, 6) is 2.35. The standard InChI is InChI=1S/C17H26N4O/c1-4-15(22)12-21-17(19-16(20-21)10-13(2)3)8-7-14-6-5-9-18-11-14/h5-6,9,11,13,15,22H,4,7-8,10,12H2,1-3H3. The van der Waals surface area contributed by atoms with Gasteiger partial charge in [0.1, 0.15) is 5.82 Å². The lowest BCUT2D eigenvalue weighted by Gasteiger charge is -2.10. The van der Waals surface area contributed by atoms with Crippen molar-refractivity contribution in [1.82, 2.24) is 19.7 Å². The number of hydrogen-bond acceptors (Lipinski definition) is 4. The first-order valence-electron chi connectivity index (χ1n) is 8.08. The summed E-state index contributed by atoms with van der Waals surface area (Å²) in [6.45, 7) is 6.82. The average molecular weight is 302 g/mol. The summed E-state index contributed by atoms with van der Waals surface area (Å²) >= 11 is 0. The minimum absolute atomic E-state index is 0.370. The number of rotatable bonds is 8. The second kappa shape index (κ2) is 8.03. The molecule has 5 nitrogen and oxygen atoms in total. The Labute approximate surface area is 132 Å². The van der Waals surface area contributed by atoms with Crippen molar-refractivity contribution in [1.29, 1.82) is 0 Å². The van der Waals surface area contributed by atoms with Gasteiger partial charge < -0.3 is 5.11 Å². The number of aromatic nitrogens is 4. The van der Waals surface area contributed by atoms with Crippen LogP contribution in [0.2, 0.25) is 0 Å². The normalized spacial score (nSPS) is 12.8. The van der Waals surface area contributed by atoms with Gasteiger partial charge in [-0.3, -0.25) is 4.98 Å². The van der Waals surface area contributed by atoms with Gasteiger partial charge in [-0.05, 0) is 30.4 Å². The molecule has 0 aromatic carbocycles. The predicted octanol–water partition coefficient (Wildman–Crippen LogP) is 2.43. The van der Waals surface area contributed by atoms with Crippen molar-refractivity contribution in [3.8, 4) is 0 Å². The van der Waals surface area contributed by atoms with Crippen LogP contribution >= 0.6 is 0 Å². The zero-order valence-electron chi connectivity index (χ0n) is 13.7. The molecule has 22 heavy (non-hydrogen) atoms. The first-order valence-corrected chi connectivity index (χ1v) is 8.08. The number of aliphatic hydroxyl groups excluding tert-OH is 1. The van der Waals surface area contributed by atoms with E-state index in [-0.39, 0.29) is 6.10 Å². The van der Waals surface area contributed by atoms with E-state index in [1.54, 1.807) is 6.20 Å². The average Bonchev–Trinajstić information content (AvgIpc) is 2.86. The molecule has 0 saturated heterocycles. The summed E-state index contributed by atoms with van der Waals surface area (Å²) in [4.78, 5) is 8.82. The highest BCUT2D eigenvalue weighted by atomic mass is 16.3. The quantitative estimate of drug-likeness (QED) is 0.813. The van der Waals surface area contributed by atoms with Gasteiger partial charge >= 0.3 is 0 Å². The predicted molar refractivity (Wildman–Crippen MR) is 86.5 cm³/mol. The molecule has 2 aromatic rings. The van der Waals surface area contributed by atoms with Crippen LogP contribution in [0.25, 0.3) is 0 Å². The smallest absolute Gasteiger partial charge is 0.151 e. The summed E-state index contributed by atoms with van der Waals surface area (Å²) in [5.41, 5.74) is 1.19. The van der Waals surface area contributed by atoms with Crippen molar-refractivity contribution in [3.63, 3.8) is 0 Å². The third-order valence-corrected chi connectivity index (χ3v) is 3.60. The van der Waals surface area contributed by atoms with Crippen LogP contribution in [-0.4, -0.2) is 31.0 Å². The number of pyridine rings is 1. The largest absolute Gasteiger partial charge is 0.391 e. The van der Waals surface area contributed by atoms with Crippen LogP contribution in [0.4, 0.5) is 0 Å². The Morgan fingerprint density at radius 1 is 1.27 bits per heavy atom. The van der Waals surface area contributed by atoms with Crippen LogP contribution < -0.4 is 0 Å². The number of aliphatic hydroxyl groups is 1. The molecule has 0 spiro atoms. The molecule has 5 heteroatoms. The van der Waals surface area contributed by atoms with Gasteiger partial charge in [0.15, 0.2) is 5.82 Å². The van der Waals surface area contributed by atoms with E-state index >= 15 is 0 Å². The van der Waals surface area contributed by atoms with E-state index in [2.05, 4.69) is 35.0 Å². The SMILES string of the molecule is CCC(O)Cn1nc(CC(C)C)nc1CCc1cccnc1. The van der Waals surface area contributed by atoms with Crippen molar-refractivity contribution in [2.75, 3.05) is 0 Å². The fraction of sp³-hybridized carbons (Fsp3) is 0.588. The molecule has 0 fully saturated rings. The van der Waals surface area contributed by atoms with Crippen LogP contribution in [-0.2, 0) is 25.8 Å². The lowest BCUT2D eigenvalue weighted by atomic mass is 10.1. The molecule has 1 N–H and O–H groups in total. The second-order valence-corrected chi connectivity index (χ2v) is 6.15. The molecule has 1 atom stereocenters. The first kappa shape index (κ1) is 16.6. The van der Waals surface area contributed by atoms with Gasteiger partial charge in [-0.25, -0.2) is 9.67 Å².